The number of nitrogens with one attached hydrogen (secondary N) is 1. The molecule has 1 atom stereocenters. The number of hydrogen-bond donors (Lipinski definition) is 1. The van der Waals surface area contributed by atoms with E-state index in [-0.39, 0.29) is 9.52 Å². The van der Waals surface area contributed by atoms with Gasteiger partial charge in [-0.25, -0.2) is 0 Å². The Bertz CT molecular complexity index is 483. The molecule has 0 radical (unpaired) electrons. The quantitative estimate of drug-likeness (QED) is 0.821. The van der Waals surface area contributed by atoms with Crippen LogP contribution in [0.5, 0.6) is 0 Å². The Kier molecular flexibility index (Phi) is 4.60. The predicted molar refractivity (Wildman–Crippen MR) is 91.3 cm³/mol. The van der Waals surface area contributed by atoms with Gasteiger partial charge in [0.1, 0.15) is 8.24 Å². The molecule has 1 unspecified atom stereocenters. The zero-order valence-electron chi connectivity index (χ0n) is 12.5. The Balaban J connectivity index is 2.18. The summed E-state index contributed by atoms with van der Waals surface area (Å²) in [6.45, 7) is 9.46. The first-order chi connectivity index (χ1) is 8.96. The summed E-state index contributed by atoms with van der Waals surface area (Å²) in [7, 11) is -1.56. The lowest BCUT2D eigenvalue weighted by atomic mass is 10.1. The van der Waals surface area contributed by atoms with Crippen molar-refractivity contribution in [3.63, 3.8) is 0 Å². The maximum absolute atomic E-state index is 3.98. The van der Waals surface area contributed by atoms with Crippen molar-refractivity contribution in [3.8, 4) is 0 Å². The molecule has 0 fully saturated rings. The summed E-state index contributed by atoms with van der Waals surface area (Å²) in [6.07, 6.45) is 5.74. The minimum absolute atomic E-state index is 0.313. The van der Waals surface area contributed by atoms with E-state index in [9.17, 15) is 0 Å². The minimum Gasteiger partial charge on any atom is -0.334 e. The number of benzene rings is 1. The van der Waals surface area contributed by atoms with Crippen molar-refractivity contribution in [1.82, 2.24) is 4.98 Å². The molecular weight excluding hydrogens is 262 g/mol. The van der Waals surface area contributed by atoms with Gasteiger partial charge in [-0.2, -0.15) is 0 Å². The van der Waals surface area contributed by atoms with Crippen LogP contribution in [0.25, 0.3) is 0 Å². The van der Waals surface area contributed by atoms with E-state index in [0.29, 0.717) is 5.67 Å². The molecule has 102 valence electrons. The predicted octanol–water partition coefficient (Wildman–Crippen LogP) is 2.51. The molecular formula is C16H25NSi2. The van der Waals surface area contributed by atoms with Crippen LogP contribution in [0.4, 0.5) is 0 Å². The van der Waals surface area contributed by atoms with Crippen molar-refractivity contribution in [2.45, 2.75) is 38.7 Å². The highest BCUT2D eigenvalue weighted by atomic mass is 28.3. The molecule has 3 heteroatoms. The molecule has 1 aliphatic carbocycles. The first kappa shape index (κ1) is 14.5. The van der Waals surface area contributed by atoms with Crippen LogP contribution in [0.15, 0.2) is 53.6 Å². The molecule has 19 heavy (non-hydrogen) atoms. The van der Waals surface area contributed by atoms with Gasteiger partial charge in [0.15, 0.2) is 0 Å². The molecule has 0 saturated heterocycles. The molecule has 0 aromatic heterocycles. The van der Waals surface area contributed by atoms with E-state index < -0.39 is 8.24 Å². The maximum Gasteiger partial charge on any atom is 0.116 e. The Morgan fingerprint density at radius 2 is 1.84 bits per heavy atom. The van der Waals surface area contributed by atoms with E-state index in [1.807, 2.05) is 0 Å². The van der Waals surface area contributed by atoms with E-state index in [4.69, 9.17) is 0 Å². The van der Waals surface area contributed by atoms with Gasteiger partial charge in [-0.15, -0.1) is 0 Å². The van der Waals surface area contributed by atoms with Crippen molar-refractivity contribution in [3.05, 3.63) is 53.6 Å². The van der Waals surface area contributed by atoms with E-state index in [2.05, 4.69) is 74.0 Å². The molecule has 1 aromatic rings. The van der Waals surface area contributed by atoms with E-state index >= 15 is 0 Å². The minimum atomic E-state index is -1.25. The molecule has 1 aromatic carbocycles. The first-order valence-corrected chi connectivity index (χ1v) is 12.2. The summed E-state index contributed by atoms with van der Waals surface area (Å²) in [5.41, 5.74) is 3.75. The van der Waals surface area contributed by atoms with Crippen LogP contribution >= 0.6 is 0 Å². The van der Waals surface area contributed by atoms with Crippen molar-refractivity contribution < 1.29 is 0 Å². The second kappa shape index (κ2) is 6.03. The van der Waals surface area contributed by atoms with Crippen molar-refractivity contribution in [2.24, 2.45) is 0 Å². The lowest BCUT2D eigenvalue weighted by Crippen LogP contribution is -2.53. The second-order valence-electron chi connectivity index (χ2n) is 6.45. The van der Waals surface area contributed by atoms with Crippen molar-refractivity contribution >= 4 is 22.9 Å². The fraction of sp³-hybridized carbons (Fsp3) is 0.375. The van der Waals surface area contributed by atoms with E-state index in [1.54, 1.807) is 10.8 Å². The fourth-order valence-electron chi connectivity index (χ4n) is 2.68. The summed E-state index contributed by atoms with van der Waals surface area (Å²) in [5, 5.41) is 1.56. The Hall–Kier alpha value is -0.906. The highest BCUT2D eigenvalue weighted by molar-refractivity contribution is 6.75. The average Bonchev–Trinajstić information content (AvgIpc) is 2.74. The van der Waals surface area contributed by atoms with Crippen LogP contribution in [0.2, 0.25) is 19.6 Å². The monoisotopic (exact) mass is 287 g/mol. The topological polar surface area (TPSA) is 12.0 Å². The third-order valence-corrected chi connectivity index (χ3v) is 7.19. The van der Waals surface area contributed by atoms with E-state index in [1.165, 1.54) is 5.57 Å². The number of hydrogen-bond acceptors (Lipinski definition) is 1. The molecule has 0 bridgehead atoms. The molecule has 1 N–H and O–H groups in total. The average molecular weight is 288 g/mol. The third kappa shape index (κ3) is 4.30. The lowest BCUT2D eigenvalue weighted by Gasteiger charge is -2.29. The molecule has 1 nitrogen and oxygen atoms in total. The van der Waals surface area contributed by atoms with Gasteiger partial charge in [-0.3, -0.25) is 0 Å². The summed E-state index contributed by atoms with van der Waals surface area (Å²) in [5.74, 6) is 0. The molecule has 0 saturated carbocycles. The lowest BCUT2D eigenvalue weighted by molar-refractivity contribution is 0.872. The zero-order chi connectivity index (χ0) is 13.9. The Morgan fingerprint density at radius 1 is 1.16 bits per heavy atom. The van der Waals surface area contributed by atoms with Gasteiger partial charge in [-0.05, 0) is 13.3 Å². The maximum atomic E-state index is 3.98. The third-order valence-electron chi connectivity index (χ3n) is 3.52. The van der Waals surface area contributed by atoms with Gasteiger partial charge in [0.2, 0.25) is 0 Å². The van der Waals surface area contributed by atoms with Gasteiger partial charge >= 0.3 is 0 Å². The summed E-state index contributed by atoms with van der Waals surface area (Å²) in [6, 6.07) is 11.0. The fourth-order valence-corrected chi connectivity index (χ4v) is 7.90. The van der Waals surface area contributed by atoms with Crippen LogP contribution in [0, 0.1) is 0 Å². The van der Waals surface area contributed by atoms with Crippen LogP contribution in [-0.2, 0) is 0 Å². The molecule has 0 heterocycles. The van der Waals surface area contributed by atoms with Crippen molar-refractivity contribution in [1.29, 1.82) is 0 Å². The van der Waals surface area contributed by atoms with Gasteiger partial charge in [-0.1, -0.05) is 78.5 Å². The molecule has 0 spiro atoms. The first-order valence-electron chi connectivity index (χ1n) is 7.13. The summed E-state index contributed by atoms with van der Waals surface area (Å²) in [4.78, 5) is 3.98. The molecule has 2 rings (SSSR count). The standard InChI is InChI=1S/C16H25NSi2/c1-13-9-8-12-15(13)16(17-19(2,3)4)18-14-10-6-5-7-11-14/h5-11,16-17H,12,18H2,1-4H3. The molecule has 0 aliphatic heterocycles. The molecule has 1 aliphatic rings. The highest BCUT2D eigenvalue weighted by Crippen LogP contribution is 2.22. The summed E-state index contributed by atoms with van der Waals surface area (Å²) >= 11 is 0. The number of allylic oxidation sites excluding steroid dienone is 3. The van der Waals surface area contributed by atoms with Gasteiger partial charge < -0.3 is 4.98 Å². The van der Waals surface area contributed by atoms with Crippen LogP contribution in [0.1, 0.15) is 13.3 Å². The highest BCUT2D eigenvalue weighted by Gasteiger charge is 2.24. The van der Waals surface area contributed by atoms with Crippen LogP contribution in [0.3, 0.4) is 0 Å². The van der Waals surface area contributed by atoms with Crippen LogP contribution < -0.4 is 10.2 Å². The van der Waals surface area contributed by atoms with Gasteiger partial charge in [0.25, 0.3) is 0 Å². The largest absolute Gasteiger partial charge is 0.334 e. The Labute approximate surface area is 120 Å². The van der Waals surface area contributed by atoms with Crippen LogP contribution in [-0.4, -0.2) is 23.4 Å². The molecule has 0 amide bonds. The smallest absolute Gasteiger partial charge is 0.116 e. The summed E-state index contributed by atoms with van der Waals surface area (Å²) < 4.78 is 0. The van der Waals surface area contributed by atoms with Crippen molar-refractivity contribution in [2.75, 3.05) is 0 Å². The SMILES string of the molecule is CC1=C(C(N[Si](C)(C)C)[SiH2]c2ccccc2)CC=C1. The zero-order valence-corrected chi connectivity index (χ0v) is 14.9. The normalized spacial score (nSPS) is 17.7. The number of rotatable bonds is 5. The second-order valence-corrected chi connectivity index (χ2v) is 13.3. The van der Waals surface area contributed by atoms with E-state index in [0.717, 1.165) is 6.42 Å². The van der Waals surface area contributed by atoms with Gasteiger partial charge in [0, 0.05) is 5.67 Å². The Morgan fingerprint density at radius 3 is 2.37 bits per heavy atom. The van der Waals surface area contributed by atoms with Gasteiger partial charge in [0.05, 0.1) is 9.52 Å².